The van der Waals surface area contributed by atoms with E-state index in [1.54, 1.807) is 48.5 Å². The van der Waals surface area contributed by atoms with Gasteiger partial charge in [0.05, 0.1) is 17.8 Å². The van der Waals surface area contributed by atoms with E-state index in [2.05, 4.69) is 0 Å². The molecular weight excluding hydrogens is 494 g/mol. The van der Waals surface area contributed by atoms with Gasteiger partial charge in [0, 0.05) is 17.1 Å². The topological polar surface area (TPSA) is 3.24 Å². The van der Waals surface area contributed by atoms with Gasteiger partial charge >= 0.3 is 0 Å². The number of anilines is 3. The fourth-order valence-electron chi connectivity index (χ4n) is 4.65. The van der Waals surface area contributed by atoms with Gasteiger partial charge in [0.2, 0.25) is 0 Å². The van der Waals surface area contributed by atoms with Gasteiger partial charge in [-0.3, -0.25) is 0 Å². The zero-order valence-electron chi connectivity index (χ0n) is 34.7. The Labute approximate surface area is 259 Å². The first-order chi connectivity index (χ1) is 25.7. The van der Waals surface area contributed by atoms with Crippen molar-refractivity contribution in [2.45, 2.75) is 0 Å². The van der Waals surface area contributed by atoms with E-state index in [-0.39, 0.29) is 29.0 Å². The van der Waals surface area contributed by atoms with Crippen LogP contribution in [0.1, 0.15) is 17.8 Å². The Hall–Kier alpha value is -5.40. The smallest absolute Gasteiger partial charge is 0.0645 e. The quantitative estimate of drug-likeness (QED) is 0.204. The molecule has 0 amide bonds. The highest BCUT2D eigenvalue weighted by Crippen LogP contribution is 2.38. The fourth-order valence-corrected chi connectivity index (χ4v) is 4.65. The maximum Gasteiger partial charge on any atom is 0.0645 e. The van der Waals surface area contributed by atoms with E-state index in [9.17, 15) is 5.48 Å². The average Bonchev–Trinajstić information content (AvgIpc) is 3.19. The number of nitrogens with zero attached hydrogens (tertiary/aromatic N) is 1. The summed E-state index contributed by atoms with van der Waals surface area (Å²) in [5, 5.41) is 1.99. The highest BCUT2D eigenvalue weighted by molar-refractivity contribution is 5.88. The molecule has 0 atom stereocenters. The molecule has 7 aromatic rings. The Morgan fingerprint density at radius 1 is 0.341 bits per heavy atom. The fraction of sp³-hybridized carbons (Fsp3) is 0. The Morgan fingerprint density at radius 2 is 0.902 bits per heavy atom. The minimum Gasteiger partial charge on any atom is -0.310 e. The summed E-state index contributed by atoms with van der Waals surface area (Å²) in [7, 11) is 0. The van der Waals surface area contributed by atoms with E-state index in [4.69, 9.17) is 12.3 Å². The highest BCUT2D eigenvalue weighted by atomic mass is 15.1. The van der Waals surface area contributed by atoms with Gasteiger partial charge in [-0.05, 0) is 86.5 Å². The van der Waals surface area contributed by atoms with Crippen LogP contribution in [0.25, 0.3) is 44.2 Å². The summed E-state index contributed by atoms with van der Waals surface area (Å²) in [4.78, 5) is 1.17. The molecule has 7 aromatic carbocycles. The van der Waals surface area contributed by atoms with Crippen LogP contribution in [0, 0.1) is 0 Å². The molecule has 0 spiro atoms. The van der Waals surface area contributed by atoms with Crippen LogP contribution in [0.15, 0.2) is 176 Å². The molecule has 0 aliphatic rings. The molecule has 7 rings (SSSR count). The standard InChI is InChI=1S/C40H29N/c1-3-10-30(11-4-1)33-20-24-38(25-21-33)41(39-26-22-34(23-27-39)31-12-5-2-6-13-31)40-17-9-16-36(29-40)37-19-18-32-14-7-8-15-35(32)28-37/h1-29H/i1D,3D,4D,10D,11D,20D,21D,22D,23D,24D,25D,26D,27D. The molecule has 41 heavy (non-hydrogen) atoms. The Kier molecular flexibility index (Phi) is 3.83. The van der Waals surface area contributed by atoms with E-state index in [0.29, 0.717) is 11.1 Å². The van der Waals surface area contributed by atoms with Gasteiger partial charge < -0.3 is 4.90 Å². The van der Waals surface area contributed by atoms with Gasteiger partial charge in [-0.1, -0.05) is 133 Å². The van der Waals surface area contributed by atoms with Crippen LogP contribution < -0.4 is 4.90 Å². The molecule has 0 aliphatic carbocycles. The van der Waals surface area contributed by atoms with Crippen LogP contribution in [0.2, 0.25) is 0 Å². The summed E-state index contributed by atoms with van der Waals surface area (Å²) in [6.45, 7) is 0. The molecule has 1 nitrogen and oxygen atoms in total. The molecule has 194 valence electrons. The second kappa shape index (κ2) is 11.0. The molecule has 0 unspecified atom stereocenters. The van der Waals surface area contributed by atoms with Gasteiger partial charge in [-0.2, -0.15) is 0 Å². The number of fused-ring (bicyclic) bond motifs is 1. The third-order valence-electron chi connectivity index (χ3n) is 6.67. The molecule has 0 saturated carbocycles. The van der Waals surface area contributed by atoms with Crippen molar-refractivity contribution in [3.63, 3.8) is 0 Å². The largest absolute Gasteiger partial charge is 0.310 e. The van der Waals surface area contributed by atoms with Gasteiger partial charge in [0.25, 0.3) is 0 Å². The van der Waals surface area contributed by atoms with E-state index in [1.165, 1.54) is 4.90 Å². The molecule has 0 saturated heterocycles. The van der Waals surface area contributed by atoms with Gasteiger partial charge in [-0.25, -0.2) is 0 Å². The lowest BCUT2D eigenvalue weighted by Gasteiger charge is -2.26. The zero-order valence-corrected chi connectivity index (χ0v) is 21.7. The number of rotatable bonds is 6. The second-order valence-electron chi connectivity index (χ2n) is 9.26. The predicted molar refractivity (Wildman–Crippen MR) is 175 cm³/mol. The molecule has 0 heterocycles. The molecule has 0 bridgehead atoms. The van der Waals surface area contributed by atoms with Crippen LogP contribution in [0.5, 0.6) is 0 Å². The lowest BCUT2D eigenvalue weighted by molar-refractivity contribution is 1.28. The lowest BCUT2D eigenvalue weighted by atomic mass is 10.00. The first kappa shape index (κ1) is 14.3. The highest BCUT2D eigenvalue weighted by Gasteiger charge is 2.14. The second-order valence-corrected chi connectivity index (χ2v) is 9.26. The van der Waals surface area contributed by atoms with Gasteiger partial charge in [-0.15, -0.1) is 0 Å². The lowest BCUT2D eigenvalue weighted by Crippen LogP contribution is -2.10. The first-order valence-electron chi connectivity index (χ1n) is 19.5. The molecule has 1 heteroatoms. The van der Waals surface area contributed by atoms with Crippen molar-refractivity contribution in [2.75, 3.05) is 4.90 Å². The maximum atomic E-state index is 9.27. The summed E-state index contributed by atoms with van der Waals surface area (Å²) >= 11 is 0. The maximum absolute atomic E-state index is 9.27. The third-order valence-corrected chi connectivity index (χ3v) is 6.67. The minimum absolute atomic E-state index is 0.0373. The third kappa shape index (κ3) is 5.14. The summed E-state index contributed by atoms with van der Waals surface area (Å²) in [5.41, 5.74) is 0.358. The zero-order chi connectivity index (χ0) is 38.7. The molecule has 0 radical (unpaired) electrons. The van der Waals surface area contributed by atoms with Gasteiger partial charge in [0.15, 0.2) is 0 Å². The summed E-state index contributed by atoms with van der Waals surface area (Å²) in [6, 6.07) is 20.8. The van der Waals surface area contributed by atoms with Crippen LogP contribution >= 0.6 is 0 Å². The number of hydrogen-bond acceptors (Lipinski definition) is 1. The van der Waals surface area contributed by atoms with E-state index < -0.39 is 83.3 Å². The average molecular weight is 537 g/mol. The summed E-state index contributed by atoms with van der Waals surface area (Å²) in [6.07, 6.45) is 0. The molecule has 0 aromatic heterocycles. The van der Waals surface area contributed by atoms with Crippen molar-refractivity contribution < 1.29 is 17.8 Å². The van der Waals surface area contributed by atoms with Crippen LogP contribution in [-0.4, -0.2) is 0 Å². The first-order valence-corrected chi connectivity index (χ1v) is 13.0. The molecule has 0 aliphatic heterocycles. The van der Waals surface area contributed by atoms with Crippen molar-refractivity contribution in [1.82, 2.24) is 0 Å². The van der Waals surface area contributed by atoms with Crippen LogP contribution in [0.4, 0.5) is 17.1 Å². The monoisotopic (exact) mass is 536 g/mol. The molecule has 0 fully saturated rings. The number of hydrogen-bond donors (Lipinski definition) is 0. The van der Waals surface area contributed by atoms with Gasteiger partial charge in [0.1, 0.15) is 0 Å². The van der Waals surface area contributed by atoms with Crippen molar-refractivity contribution >= 4 is 27.8 Å². The van der Waals surface area contributed by atoms with Crippen molar-refractivity contribution in [3.05, 3.63) is 176 Å². The van der Waals surface area contributed by atoms with Crippen molar-refractivity contribution in [3.8, 4) is 33.4 Å². The van der Waals surface area contributed by atoms with E-state index >= 15 is 0 Å². The van der Waals surface area contributed by atoms with E-state index in [1.807, 2.05) is 48.5 Å². The Balaban J connectivity index is 1.54. The summed E-state index contributed by atoms with van der Waals surface area (Å²) < 4.78 is 115. The SMILES string of the molecule is [2H]c1c([2H])c([2H])c(-c2c([2H])c([2H])c(N(c3cccc(-c4ccc5ccccc5c4)c3)c3c([2H])c([2H])c(-c4ccccc4)c([2H])c3[2H])c([2H])c2[2H])c([2H])c1[2H]. The van der Waals surface area contributed by atoms with Crippen LogP contribution in [0.3, 0.4) is 0 Å². The van der Waals surface area contributed by atoms with Crippen molar-refractivity contribution in [2.24, 2.45) is 0 Å². The summed E-state index contributed by atoms with van der Waals surface area (Å²) in [5.74, 6) is 0. The Bertz CT molecular complexity index is 2570. The normalized spacial score (nSPS) is 15.4. The minimum atomic E-state index is -0.726. The molecule has 0 N–H and O–H groups in total. The molecular formula is C40H29N. The van der Waals surface area contributed by atoms with Crippen molar-refractivity contribution in [1.29, 1.82) is 0 Å². The van der Waals surface area contributed by atoms with E-state index in [0.717, 1.165) is 16.3 Å². The van der Waals surface area contributed by atoms with Crippen LogP contribution in [-0.2, 0) is 0 Å². The predicted octanol–water partition coefficient (Wildman–Crippen LogP) is 11.3. The Morgan fingerprint density at radius 3 is 1.61 bits per heavy atom. The number of benzene rings is 7.